The van der Waals surface area contributed by atoms with Crippen LogP contribution in [0.2, 0.25) is 0 Å². The molecule has 0 radical (unpaired) electrons. The van der Waals surface area contributed by atoms with Crippen molar-refractivity contribution in [1.82, 2.24) is 0 Å². The minimum absolute atomic E-state index is 0. The van der Waals surface area contributed by atoms with Gasteiger partial charge in [-0.25, -0.2) is 4.79 Å². The third kappa shape index (κ3) is 17.9. The van der Waals surface area contributed by atoms with Crippen molar-refractivity contribution in [3.63, 3.8) is 0 Å². The van der Waals surface area contributed by atoms with Crippen LogP contribution in [0, 0.1) is 0 Å². The van der Waals surface area contributed by atoms with E-state index in [9.17, 15) is 4.79 Å². The standard InChI is InChI=1S/C3H6O3.2Ca.ClH.4H/c1-2(4)3(5)6;;;;;;;/h2,4H,1H3,(H,5,6);;;1H;;;;. The molecule has 0 spiro atoms. The zero-order chi connectivity index (χ0) is 5.15. The van der Waals surface area contributed by atoms with Crippen LogP contribution in [0.15, 0.2) is 0 Å². The van der Waals surface area contributed by atoms with E-state index >= 15 is 0 Å². The molecular weight excluding hydrogens is 200 g/mol. The van der Waals surface area contributed by atoms with Crippen molar-refractivity contribution in [3.8, 4) is 0 Å². The minimum atomic E-state index is -1.23. The molecule has 1 atom stereocenters. The van der Waals surface area contributed by atoms with Gasteiger partial charge in [-0.3, -0.25) is 0 Å². The molecule has 0 aromatic heterocycles. The summed E-state index contributed by atoms with van der Waals surface area (Å²) >= 11 is 0. The summed E-state index contributed by atoms with van der Waals surface area (Å²) < 4.78 is 0. The number of carboxylic acids is 1. The predicted molar refractivity (Wildman–Crippen MR) is 43.7 cm³/mol. The second-order valence-corrected chi connectivity index (χ2v) is 1.01. The van der Waals surface area contributed by atoms with E-state index in [2.05, 4.69) is 0 Å². The Kier molecular flexibility index (Phi) is 32.2. The Labute approximate surface area is 120 Å². The van der Waals surface area contributed by atoms with E-state index in [0.717, 1.165) is 0 Å². The van der Waals surface area contributed by atoms with Gasteiger partial charge in [0.05, 0.1) is 0 Å². The zero-order valence-corrected chi connectivity index (χ0v) is 4.60. The molecular formula is C3H11Ca2ClO3. The van der Waals surface area contributed by atoms with Crippen LogP contribution in [0.25, 0.3) is 0 Å². The maximum atomic E-state index is 9.45. The first-order valence-corrected chi connectivity index (χ1v) is 1.55. The molecule has 0 aromatic rings. The number of carboxylic acid groups (broad SMARTS) is 1. The summed E-state index contributed by atoms with van der Waals surface area (Å²) in [6.45, 7) is 1.20. The number of hydrogen-bond acceptors (Lipinski definition) is 2. The van der Waals surface area contributed by atoms with Gasteiger partial charge in [-0.1, -0.05) is 0 Å². The van der Waals surface area contributed by atoms with Crippen LogP contribution in [-0.4, -0.2) is 97.8 Å². The Hall–Kier alpha value is 2.24. The average molecular weight is 211 g/mol. The molecule has 0 fully saturated rings. The van der Waals surface area contributed by atoms with Gasteiger partial charge in [0, 0.05) is 0 Å². The first-order chi connectivity index (χ1) is 2.64. The summed E-state index contributed by atoms with van der Waals surface area (Å²) in [5.74, 6) is -1.19. The van der Waals surface area contributed by atoms with Gasteiger partial charge in [0.25, 0.3) is 0 Å². The summed E-state index contributed by atoms with van der Waals surface area (Å²) in [6.07, 6.45) is -1.23. The molecule has 1 unspecified atom stereocenters. The van der Waals surface area contributed by atoms with Gasteiger partial charge in [-0.2, -0.15) is 0 Å². The summed E-state index contributed by atoms with van der Waals surface area (Å²) in [6, 6.07) is 0. The SMILES string of the molecule is CC(O)C(=O)O.Cl.[CaH2].[CaH2]. The van der Waals surface area contributed by atoms with Crippen molar-refractivity contribution >= 4 is 93.9 Å². The number of halogens is 1. The fourth-order valence-electron chi connectivity index (χ4n) is 0. The normalized spacial score (nSPS) is 9.11. The van der Waals surface area contributed by atoms with E-state index in [1.165, 1.54) is 6.92 Å². The monoisotopic (exact) mass is 210 g/mol. The molecule has 2 N–H and O–H groups in total. The van der Waals surface area contributed by atoms with Crippen LogP contribution in [0.5, 0.6) is 0 Å². The van der Waals surface area contributed by atoms with Crippen molar-refractivity contribution < 1.29 is 15.0 Å². The number of carbonyl (C=O) groups is 1. The van der Waals surface area contributed by atoms with E-state index in [1.54, 1.807) is 0 Å². The predicted octanol–water partition coefficient (Wildman–Crippen LogP) is -1.96. The average Bonchev–Trinajstić information content (AvgIpc) is 1.36. The number of rotatable bonds is 1. The number of aliphatic hydroxyl groups excluding tert-OH is 1. The Morgan fingerprint density at radius 2 is 1.56 bits per heavy atom. The molecule has 0 saturated carbocycles. The Balaban J connectivity index is -0.0000000417. The molecule has 0 bridgehead atoms. The number of aliphatic hydroxyl groups is 1. The van der Waals surface area contributed by atoms with Crippen LogP contribution < -0.4 is 0 Å². The van der Waals surface area contributed by atoms with Crippen LogP contribution in [-0.2, 0) is 4.79 Å². The van der Waals surface area contributed by atoms with E-state index in [4.69, 9.17) is 10.2 Å². The molecule has 0 heterocycles. The van der Waals surface area contributed by atoms with Gasteiger partial charge in [-0.05, 0) is 6.92 Å². The summed E-state index contributed by atoms with van der Waals surface area (Å²) in [5.41, 5.74) is 0. The molecule has 0 aromatic carbocycles. The quantitative estimate of drug-likeness (QED) is 0.495. The third-order valence-corrected chi connectivity index (χ3v) is 0.357. The van der Waals surface area contributed by atoms with Gasteiger partial charge in [0.15, 0.2) is 0 Å². The van der Waals surface area contributed by atoms with Gasteiger partial charge >= 0.3 is 81.4 Å². The van der Waals surface area contributed by atoms with Gasteiger partial charge in [0.2, 0.25) is 0 Å². The van der Waals surface area contributed by atoms with E-state index in [-0.39, 0.29) is 87.9 Å². The van der Waals surface area contributed by atoms with Gasteiger partial charge < -0.3 is 10.2 Å². The maximum absolute atomic E-state index is 9.45. The molecule has 0 aliphatic rings. The van der Waals surface area contributed by atoms with Crippen molar-refractivity contribution in [2.24, 2.45) is 0 Å². The van der Waals surface area contributed by atoms with Crippen LogP contribution in [0.3, 0.4) is 0 Å². The molecule has 3 nitrogen and oxygen atoms in total. The second-order valence-electron chi connectivity index (χ2n) is 1.01. The van der Waals surface area contributed by atoms with Crippen LogP contribution in [0.1, 0.15) is 6.92 Å². The topological polar surface area (TPSA) is 57.5 Å². The van der Waals surface area contributed by atoms with Gasteiger partial charge in [-0.15, -0.1) is 12.4 Å². The van der Waals surface area contributed by atoms with Crippen molar-refractivity contribution in [2.45, 2.75) is 13.0 Å². The Morgan fingerprint density at radius 1 is 1.44 bits per heavy atom. The van der Waals surface area contributed by atoms with E-state index < -0.39 is 12.1 Å². The molecule has 6 heteroatoms. The zero-order valence-electron chi connectivity index (χ0n) is 3.79. The number of aliphatic carboxylic acids is 1. The molecule has 0 rings (SSSR count). The Morgan fingerprint density at radius 3 is 1.56 bits per heavy atom. The van der Waals surface area contributed by atoms with Crippen molar-refractivity contribution in [2.75, 3.05) is 0 Å². The van der Waals surface area contributed by atoms with E-state index in [1.807, 2.05) is 0 Å². The molecule has 52 valence electrons. The molecule has 0 saturated heterocycles. The fourth-order valence-corrected chi connectivity index (χ4v) is 0. The van der Waals surface area contributed by atoms with Gasteiger partial charge in [0.1, 0.15) is 6.10 Å². The molecule has 0 aliphatic heterocycles. The van der Waals surface area contributed by atoms with Crippen molar-refractivity contribution in [1.29, 1.82) is 0 Å². The summed E-state index contributed by atoms with van der Waals surface area (Å²) in [5, 5.41) is 15.8. The van der Waals surface area contributed by atoms with Crippen LogP contribution >= 0.6 is 12.4 Å². The first-order valence-electron chi connectivity index (χ1n) is 1.55. The molecule has 0 aliphatic carbocycles. The Bertz CT molecular complexity index is 68.1. The van der Waals surface area contributed by atoms with Crippen LogP contribution in [0.4, 0.5) is 0 Å². The fraction of sp³-hybridized carbons (Fsp3) is 0.667. The molecule has 9 heavy (non-hydrogen) atoms. The van der Waals surface area contributed by atoms with E-state index in [0.29, 0.717) is 0 Å². The van der Waals surface area contributed by atoms with Crippen molar-refractivity contribution in [3.05, 3.63) is 0 Å². The summed E-state index contributed by atoms with van der Waals surface area (Å²) in [7, 11) is 0. The first kappa shape index (κ1) is 22.5. The third-order valence-electron chi connectivity index (χ3n) is 0.357. The number of hydrogen-bond donors (Lipinski definition) is 2. The second kappa shape index (κ2) is 12.9. The molecule has 0 amide bonds. The summed E-state index contributed by atoms with van der Waals surface area (Å²) in [4.78, 5) is 9.45.